The van der Waals surface area contributed by atoms with E-state index in [2.05, 4.69) is 0 Å². The average molecular weight is 336 g/mol. The molecule has 0 fully saturated rings. The molecule has 8 nitrogen and oxygen atoms in total. The molecule has 0 bridgehead atoms. The Labute approximate surface area is 131 Å². The Balaban J connectivity index is 2.09. The van der Waals surface area contributed by atoms with Crippen LogP contribution in [0.5, 0.6) is 0 Å². The van der Waals surface area contributed by atoms with Crippen molar-refractivity contribution in [2.75, 3.05) is 0 Å². The van der Waals surface area contributed by atoms with E-state index in [-0.39, 0.29) is 22.9 Å². The Hall–Kier alpha value is -2.81. The summed E-state index contributed by atoms with van der Waals surface area (Å²) in [7, 11) is -3.49. The van der Waals surface area contributed by atoms with E-state index in [1.165, 1.54) is 48.5 Å². The van der Waals surface area contributed by atoms with E-state index in [9.17, 15) is 28.6 Å². The van der Waals surface area contributed by atoms with E-state index in [0.717, 1.165) is 0 Å². The van der Waals surface area contributed by atoms with Gasteiger partial charge in [0.15, 0.2) is 9.84 Å². The van der Waals surface area contributed by atoms with E-state index in [4.69, 9.17) is 0 Å². The Morgan fingerprint density at radius 2 is 1.00 bits per heavy atom. The zero-order valence-corrected chi connectivity index (χ0v) is 12.6. The van der Waals surface area contributed by atoms with Crippen molar-refractivity contribution >= 4 is 21.2 Å². The van der Waals surface area contributed by atoms with Crippen LogP contribution in [0.25, 0.3) is 0 Å². The van der Waals surface area contributed by atoms with Crippen molar-refractivity contribution in [3.8, 4) is 0 Å². The van der Waals surface area contributed by atoms with Crippen molar-refractivity contribution in [2.24, 2.45) is 0 Å². The summed E-state index contributed by atoms with van der Waals surface area (Å²) in [6.45, 7) is 0. The number of benzene rings is 2. The molecule has 0 aliphatic rings. The molecule has 0 radical (unpaired) electrons. The van der Waals surface area contributed by atoms with Crippen molar-refractivity contribution in [2.45, 2.75) is 11.5 Å². The minimum Gasteiger partial charge on any atom is -0.258 e. The lowest BCUT2D eigenvalue weighted by Gasteiger charge is -2.05. The molecule has 0 unspecified atom stereocenters. The molecule has 23 heavy (non-hydrogen) atoms. The molecule has 0 spiro atoms. The van der Waals surface area contributed by atoms with Crippen molar-refractivity contribution in [1.82, 2.24) is 0 Å². The summed E-state index contributed by atoms with van der Waals surface area (Å²) in [5, 5.41) is 21.1. The zero-order chi connectivity index (χ0) is 17.0. The summed E-state index contributed by atoms with van der Waals surface area (Å²) in [5.41, 5.74) is 0.665. The minimum absolute atomic E-state index is 0.110. The summed E-state index contributed by atoms with van der Waals surface area (Å²) in [5.74, 6) is -0.524. The number of hydrogen-bond donors (Lipinski definition) is 0. The lowest BCUT2D eigenvalue weighted by Crippen LogP contribution is -2.07. The summed E-state index contributed by atoms with van der Waals surface area (Å²) < 4.78 is 24.3. The van der Waals surface area contributed by atoms with Crippen LogP contribution in [-0.4, -0.2) is 18.3 Å². The van der Waals surface area contributed by atoms with Crippen LogP contribution in [0.15, 0.2) is 48.5 Å². The van der Waals surface area contributed by atoms with Crippen molar-refractivity contribution in [3.63, 3.8) is 0 Å². The molecule has 9 heteroatoms. The van der Waals surface area contributed by atoms with Gasteiger partial charge in [-0.25, -0.2) is 8.42 Å². The van der Waals surface area contributed by atoms with E-state index >= 15 is 0 Å². The molecular weight excluding hydrogens is 324 g/mol. The third kappa shape index (κ3) is 4.58. The van der Waals surface area contributed by atoms with Crippen LogP contribution in [0.1, 0.15) is 11.1 Å². The maximum atomic E-state index is 12.1. The van der Waals surface area contributed by atoms with Gasteiger partial charge in [0.2, 0.25) is 0 Å². The summed E-state index contributed by atoms with van der Waals surface area (Å²) >= 11 is 0. The predicted molar refractivity (Wildman–Crippen MR) is 82.5 cm³/mol. The molecule has 0 saturated carbocycles. The predicted octanol–water partition coefficient (Wildman–Crippen LogP) is 2.62. The highest BCUT2D eigenvalue weighted by Gasteiger charge is 2.15. The second-order valence-electron chi connectivity index (χ2n) is 4.88. The molecule has 0 aliphatic heterocycles. The van der Waals surface area contributed by atoms with Gasteiger partial charge in [0.25, 0.3) is 11.4 Å². The molecule has 0 aromatic heterocycles. The molecule has 2 aromatic rings. The molecule has 0 atom stereocenters. The fourth-order valence-corrected chi connectivity index (χ4v) is 3.49. The summed E-state index contributed by atoms with van der Waals surface area (Å²) in [6.07, 6.45) is 0. The van der Waals surface area contributed by atoms with Crippen LogP contribution in [0.4, 0.5) is 11.4 Å². The van der Waals surface area contributed by atoms with Crippen LogP contribution < -0.4 is 0 Å². The van der Waals surface area contributed by atoms with Gasteiger partial charge in [0.1, 0.15) is 0 Å². The average Bonchev–Trinajstić information content (AvgIpc) is 2.47. The number of non-ortho nitro benzene ring substituents is 2. The number of nitro benzene ring substituents is 2. The van der Waals surface area contributed by atoms with Gasteiger partial charge in [0.05, 0.1) is 21.4 Å². The van der Waals surface area contributed by atoms with E-state index in [0.29, 0.717) is 11.1 Å². The maximum absolute atomic E-state index is 12.1. The largest absolute Gasteiger partial charge is 0.269 e. The zero-order valence-electron chi connectivity index (χ0n) is 11.8. The Morgan fingerprint density at radius 1 is 0.696 bits per heavy atom. The Morgan fingerprint density at radius 3 is 1.26 bits per heavy atom. The third-order valence-corrected chi connectivity index (χ3v) is 4.61. The van der Waals surface area contributed by atoms with Gasteiger partial charge in [-0.1, -0.05) is 24.3 Å². The fourth-order valence-electron chi connectivity index (χ4n) is 1.99. The lowest BCUT2D eigenvalue weighted by atomic mass is 10.2. The fraction of sp³-hybridized carbons (Fsp3) is 0.143. The van der Waals surface area contributed by atoms with Gasteiger partial charge in [0, 0.05) is 24.3 Å². The van der Waals surface area contributed by atoms with Gasteiger partial charge < -0.3 is 0 Å². The highest BCUT2D eigenvalue weighted by Crippen LogP contribution is 2.18. The van der Waals surface area contributed by atoms with Gasteiger partial charge in [-0.2, -0.15) is 0 Å². The molecular formula is C14H12N2O6S. The van der Waals surface area contributed by atoms with Crippen molar-refractivity contribution < 1.29 is 18.3 Å². The normalized spacial score (nSPS) is 11.1. The van der Waals surface area contributed by atoms with Gasteiger partial charge in [-0.3, -0.25) is 20.2 Å². The number of nitrogens with zero attached hydrogens (tertiary/aromatic N) is 2. The smallest absolute Gasteiger partial charge is 0.258 e. The quantitative estimate of drug-likeness (QED) is 0.590. The van der Waals surface area contributed by atoms with Crippen molar-refractivity contribution in [3.05, 3.63) is 79.9 Å². The SMILES string of the molecule is O=[N+]([O-])c1ccc(CS(=O)(=O)Cc2ccc([N+](=O)[O-])cc2)cc1. The second-order valence-corrected chi connectivity index (χ2v) is 6.94. The summed E-state index contributed by atoms with van der Waals surface area (Å²) in [4.78, 5) is 20.0. The van der Waals surface area contributed by atoms with Crippen LogP contribution in [0.2, 0.25) is 0 Å². The topological polar surface area (TPSA) is 120 Å². The maximum Gasteiger partial charge on any atom is 0.269 e. The minimum atomic E-state index is -3.49. The van der Waals surface area contributed by atoms with Gasteiger partial charge >= 0.3 is 0 Å². The Bertz CT molecular complexity index is 763. The van der Waals surface area contributed by atoms with Crippen LogP contribution in [0.3, 0.4) is 0 Å². The number of sulfone groups is 1. The number of rotatable bonds is 6. The second kappa shape index (κ2) is 6.53. The Kier molecular flexibility index (Phi) is 4.70. The highest BCUT2D eigenvalue weighted by atomic mass is 32.2. The molecule has 0 aliphatic carbocycles. The molecule has 0 N–H and O–H groups in total. The summed E-state index contributed by atoms with van der Waals surface area (Å²) in [6, 6.07) is 10.6. The van der Waals surface area contributed by atoms with Crippen LogP contribution in [-0.2, 0) is 21.3 Å². The van der Waals surface area contributed by atoms with E-state index < -0.39 is 19.7 Å². The van der Waals surface area contributed by atoms with Crippen LogP contribution in [0, 0.1) is 20.2 Å². The molecule has 0 heterocycles. The first kappa shape index (κ1) is 16.6. The first-order valence-corrected chi connectivity index (χ1v) is 8.26. The lowest BCUT2D eigenvalue weighted by molar-refractivity contribution is -0.385. The van der Waals surface area contributed by atoms with E-state index in [1.54, 1.807) is 0 Å². The molecule has 2 rings (SSSR count). The number of nitro groups is 2. The van der Waals surface area contributed by atoms with E-state index in [1.807, 2.05) is 0 Å². The van der Waals surface area contributed by atoms with Crippen LogP contribution >= 0.6 is 0 Å². The van der Waals surface area contributed by atoms with Gasteiger partial charge in [-0.05, 0) is 11.1 Å². The molecule has 0 saturated heterocycles. The first-order chi connectivity index (χ1) is 10.8. The third-order valence-electron chi connectivity index (χ3n) is 3.07. The number of hydrogen-bond acceptors (Lipinski definition) is 6. The van der Waals surface area contributed by atoms with Gasteiger partial charge in [-0.15, -0.1) is 0 Å². The highest BCUT2D eigenvalue weighted by molar-refractivity contribution is 7.89. The monoisotopic (exact) mass is 336 g/mol. The van der Waals surface area contributed by atoms with Crippen molar-refractivity contribution in [1.29, 1.82) is 0 Å². The molecule has 120 valence electrons. The standard InChI is InChI=1S/C14H12N2O6S/c17-15(18)13-5-1-11(2-6-13)9-23(21,22)10-12-3-7-14(8-4-12)16(19)20/h1-8H,9-10H2. The molecule has 2 aromatic carbocycles. The first-order valence-electron chi connectivity index (χ1n) is 6.44. The molecule has 0 amide bonds.